The third-order valence-electron chi connectivity index (χ3n) is 4.51. The summed E-state index contributed by atoms with van der Waals surface area (Å²) in [5.41, 5.74) is 1.31. The number of aromatic nitrogens is 3. The zero-order chi connectivity index (χ0) is 17.5. The second-order valence-electron chi connectivity index (χ2n) is 6.20. The molecule has 1 aliphatic heterocycles. The highest BCUT2D eigenvalue weighted by molar-refractivity contribution is 7.99. The van der Waals surface area contributed by atoms with Crippen LogP contribution in [0.5, 0.6) is 5.75 Å². The lowest BCUT2D eigenvalue weighted by Crippen LogP contribution is -3.14. The summed E-state index contributed by atoms with van der Waals surface area (Å²) in [7, 11) is 2.00. The number of aryl methyl sites for hydroxylation is 1. The molecule has 1 aliphatic rings. The van der Waals surface area contributed by atoms with Crippen molar-refractivity contribution in [2.24, 2.45) is 7.05 Å². The molecule has 2 aromatic rings. The lowest BCUT2D eigenvalue weighted by Gasteiger charge is -2.23. The number of morpholine rings is 1. The van der Waals surface area contributed by atoms with Crippen LogP contribution in [0.1, 0.15) is 18.3 Å². The molecule has 6 nitrogen and oxygen atoms in total. The number of nitrogens with zero attached hydrogens (tertiary/aromatic N) is 3. The minimum absolute atomic E-state index is 0.435. The Morgan fingerprint density at radius 2 is 1.96 bits per heavy atom. The molecule has 0 amide bonds. The molecule has 2 heterocycles. The van der Waals surface area contributed by atoms with Crippen molar-refractivity contribution in [3.05, 3.63) is 35.7 Å². The van der Waals surface area contributed by atoms with Gasteiger partial charge in [-0.1, -0.05) is 30.8 Å². The average molecular weight is 364 g/mol. The molecule has 7 heteroatoms. The third-order valence-corrected chi connectivity index (χ3v) is 5.53. The molecule has 1 saturated heterocycles. The molecule has 1 N–H and O–H groups in total. The van der Waals surface area contributed by atoms with E-state index in [2.05, 4.69) is 29.3 Å². The summed E-state index contributed by atoms with van der Waals surface area (Å²) < 4.78 is 13.3. The quantitative estimate of drug-likeness (QED) is 0.708. The first-order valence-electron chi connectivity index (χ1n) is 8.90. The van der Waals surface area contributed by atoms with Crippen molar-refractivity contribution in [1.82, 2.24) is 14.8 Å². The molecule has 0 aliphatic carbocycles. The Morgan fingerprint density at radius 1 is 1.20 bits per heavy atom. The van der Waals surface area contributed by atoms with Crippen molar-refractivity contribution in [2.45, 2.75) is 25.1 Å². The van der Waals surface area contributed by atoms with Crippen LogP contribution in [0.4, 0.5) is 0 Å². The van der Waals surface area contributed by atoms with Crippen molar-refractivity contribution in [1.29, 1.82) is 0 Å². The summed E-state index contributed by atoms with van der Waals surface area (Å²) in [5.74, 6) is 2.76. The van der Waals surface area contributed by atoms with Crippen molar-refractivity contribution < 1.29 is 14.4 Å². The molecule has 0 spiro atoms. The molecular formula is C18H27N4O2S+. The van der Waals surface area contributed by atoms with E-state index >= 15 is 0 Å². The Hall–Kier alpha value is -1.57. The molecular weight excluding hydrogens is 336 g/mol. The van der Waals surface area contributed by atoms with Gasteiger partial charge in [-0.05, 0) is 24.1 Å². The van der Waals surface area contributed by atoms with Gasteiger partial charge in [0.15, 0.2) is 11.0 Å². The monoisotopic (exact) mass is 363 g/mol. The number of hydrogen-bond acceptors (Lipinski definition) is 5. The Labute approximate surface area is 153 Å². The van der Waals surface area contributed by atoms with Gasteiger partial charge in [-0.25, -0.2) is 0 Å². The topological polar surface area (TPSA) is 53.6 Å². The lowest BCUT2D eigenvalue weighted by molar-refractivity contribution is -0.905. The van der Waals surface area contributed by atoms with Crippen LogP contribution in [-0.4, -0.2) is 53.4 Å². The van der Waals surface area contributed by atoms with Gasteiger partial charge in [0, 0.05) is 7.05 Å². The number of ether oxygens (including phenoxy) is 2. The van der Waals surface area contributed by atoms with Crippen LogP contribution in [0.15, 0.2) is 29.4 Å². The van der Waals surface area contributed by atoms with Gasteiger partial charge in [-0.3, -0.25) is 0 Å². The smallest absolute Gasteiger partial charge is 0.191 e. The highest BCUT2D eigenvalue weighted by atomic mass is 32.2. The van der Waals surface area contributed by atoms with E-state index in [-0.39, 0.29) is 0 Å². The zero-order valence-corrected chi connectivity index (χ0v) is 15.8. The molecule has 25 heavy (non-hydrogen) atoms. The van der Waals surface area contributed by atoms with Gasteiger partial charge in [-0.2, -0.15) is 0 Å². The van der Waals surface area contributed by atoms with Crippen LogP contribution in [-0.2, 0) is 24.8 Å². The number of hydrogen-bond donors (Lipinski definition) is 1. The number of rotatable bonds is 8. The largest absolute Gasteiger partial charge is 0.486 e. The first kappa shape index (κ1) is 18.2. The van der Waals surface area contributed by atoms with E-state index in [0.29, 0.717) is 6.61 Å². The summed E-state index contributed by atoms with van der Waals surface area (Å²) in [6.45, 7) is 7.69. The van der Waals surface area contributed by atoms with E-state index < -0.39 is 0 Å². The van der Waals surface area contributed by atoms with E-state index in [1.54, 1.807) is 16.7 Å². The zero-order valence-electron chi connectivity index (χ0n) is 15.0. The maximum Gasteiger partial charge on any atom is 0.191 e. The Balaban J connectivity index is 1.46. The maximum atomic E-state index is 5.83. The first-order chi connectivity index (χ1) is 12.3. The lowest BCUT2D eigenvalue weighted by atomic mass is 10.2. The van der Waals surface area contributed by atoms with Crippen LogP contribution in [0.2, 0.25) is 0 Å². The minimum Gasteiger partial charge on any atom is -0.486 e. The molecule has 0 unspecified atom stereocenters. The SMILES string of the molecule is CCc1ccc(OCc2nnc(SCC[NH+]3CCOCC3)n2C)cc1. The summed E-state index contributed by atoms with van der Waals surface area (Å²) in [6.07, 6.45) is 1.04. The van der Waals surface area contributed by atoms with E-state index in [1.807, 2.05) is 23.7 Å². The van der Waals surface area contributed by atoms with Gasteiger partial charge >= 0.3 is 0 Å². The van der Waals surface area contributed by atoms with Crippen molar-refractivity contribution in [3.63, 3.8) is 0 Å². The third kappa shape index (κ3) is 5.20. The number of benzene rings is 1. The summed E-state index contributed by atoms with van der Waals surface area (Å²) in [4.78, 5) is 1.61. The van der Waals surface area contributed by atoms with Crippen molar-refractivity contribution in [3.8, 4) is 5.75 Å². The fourth-order valence-electron chi connectivity index (χ4n) is 2.76. The van der Waals surface area contributed by atoms with Gasteiger partial charge in [0.05, 0.1) is 25.5 Å². The molecule has 136 valence electrons. The molecule has 0 atom stereocenters. The van der Waals surface area contributed by atoms with Crippen molar-refractivity contribution >= 4 is 11.8 Å². The Bertz CT molecular complexity index is 654. The molecule has 0 radical (unpaired) electrons. The summed E-state index contributed by atoms with van der Waals surface area (Å²) in [5, 5.41) is 9.52. The van der Waals surface area contributed by atoms with Crippen molar-refractivity contribution in [2.75, 3.05) is 38.6 Å². The van der Waals surface area contributed by atoms with E-state index in [0.717, 1.165) is 61.8 Å². The van der Waals surface area contributed by atoms with Crippen LogP contribution in [0.25, 0.3) is 0 Å². The molecule has 3 rings (SSSR count). The normalized spacial score (nSPS) is 15.4. The average Bonchev–Trinajstić information content (AvgIpc) is 3.01. The Morgan fingerprint density at radius 3 is 2.68 bits per heavy atom. The summed E-state index contributed by atoms with van der Waals surface area (Å²) >= 11 is 1.76. The second-order valence-corrected chi connectivity index (χ2v) is 7.27. The maximum absolute atomic E-state index is 5.83. The van der Waals surface area contributed by atoms with Crippen LogP contribution in [0.3, 0.4) is 0 Å². The van der Waals surface area contributed by atoms with Crippen LogP contribution in [0, 0.1) is 0 Å². The van der Waals surface area contributed by atoms with E-state index in [4.69, 9.17) is 9.47 Å². The molecule has 1 aromatic carbocycles. The predicted octanol–water partition coefficient (Wildman–Crippen LogP) is 0.964. The van der Waals surface area contributed by atoms with Crippen LogP contribution >= 0.6 is 11.8 Å². The number of quaternary nitrogens is 1. The van der Waals surface area contributed by atoms with Gasteiger partial charge in [-0.15, -0.1) is 10.2 Å². The minimum atomic E-state index is 0.435. The molecule has 1 fully saturated rings. The standard InChI is InChI=1S/C18H26N4O2S/c1-3-15-4-6-16(7-5-15)24-14-17-19-20-18(21(17)2)25-13-10-22-8-11-23-12-9-22/h4-7H,3,8-14H2,1-2H3/p+1. The highest BCUT2D eigenvalue weighted by Gasteiger charge is 2.15. The van der Waals surface area contributed by atoms with E-state index in [1.165, 1.54) is 5.56 Å². The van der Waals surface area contributed by atoms with Gasteiger partial charge in [0.2, 0.25) is 0 Å². The van der Waals surface area contributed by atoms with Crippen LogP contribution < -0.4 is 9.64 Å². The number of nitrogens with one attached hydrogen (secondary N) is 1. The Kier molecular flexibility index (Phi) is 6.72. The van der Waals surface area contributed by atoms with E-state index in [9.17, 15) is 0 Å². The predicted molar refractivity (Wildman–Crippen MR) is 98.3 cm³/mol. The second kappa shape index (κ2) is 9.22. The molecule has 1 aromatic heterocycles. The van der Waals surface area contributed by atoms with Gasteiger partial charge in [0.25, 0.3) is 0 Å². The fraction of sp³-hybridized carbons (Fsp3) is 0.556. The molecule has 0 saturated carbocycles. The number of thioether (sulfide) groups is 1. The fourth-order valence-corrected chi connectivity index (χ4v) is 3.73. The highest BCUT2D eigenvalue weighted by Crippen LogP contribution is 2.17. The van der Waals surface area contributed by atoms with Gasteiger partial charge < -0.3 is 18.9 Å². The van der Waals surface area contributed by atoms with Gasteiger partial charge in [0.1, 0.15) is 25.4 Å². The summed E-state index contributed by atoms with van der Waals surface area (Å²) in [6, 6.07) is 8.22. The molecule has 0 bridgehead atoms. The first-order valence-corrected chi connectivity index (χ1v) is 9.89.